The number of ether oxygens (including phenoxy) is 2. The number of aromatic carboxylic acids is 1. The molecule has 22 heavy (non-hydrogen) atoms. The van der Waals surface area contributed by atoms with E-state index in [-0.39, 0.29) is 5.56 Å². The molecule has 1 heterocycles. The third-order valence-corrected chi connectivity index (χ3v) is 3.55. The maximum atomic E-state index is 10.8. The molecule has 0 unspecified atom stereocenters. The first-order chi connectivity index (χ1) is 10.7. The van der Waals surface area contributed by atoms with Gasteiger partial charge in [-0.15, -0.1) is 0 Å². The quantitative estimate of drug-likeness (QED) is 0.861. The van der Waals surface area contributed by atoms with Gasteiger partial charge in [0.1, 0.15) is 11.5 Å². The van der Waals surface area contributed by atoms with Crippen LogP contribution in [0.25, 0.3) is 0 Å². The molecule has 2 aromatic carbocycles. The van der Waals surface area contributed by atoms with E-state index in [4.69, 9.17) is 9.47 Å². The number of carboxylic acid groups (broad SMARTS) is 1. The minimum absolute atomic E-state index is 0.167. The lowest BCUT2D eigenvalue weighted by molar-refractivity contribution is -0.255. The predicted octanol–water partition coefficient (Wildman–Crippen LogP) is 1.81. The highest BCUT2D eigenvalue weighted by Gasteiger charge is 2.18. The van der Waals surface area contributed by atoms with Crippen LogP contribution in [0.3, 0.4) is 0 Å². The van der Waals surface area contributed by atoms with Gasteiger partial charge in [0, 0.05) is 17.8 Å². The number of hydrogen-bond acceptors (Lipinski definition) is 5. The van der Waals surface area contributed by atoms with E-state index >= 15 is 0 Å². The minimum atomic E-state index is -1.17. The summed E-state index contributed by atoms with van der Waals surface area (Å²) in [5, 5.41) is 10.8. The summed E-state index contributed by atoms with van der Waals surface area (Å²) in [6.45, 7) is 3.67. The van der Waals surface area contributed by atoms with Gasteiger partial charge in [0.15, 0.2) is 6.73 Å². The average Bonchev–Trinajstić information content (AvgIpc) is 2.54. The van der Waals surface area contributed by atoms with Crippen LogP contribution in [0, 0.1) is 0 Å². The van der Waals surface area contributed by atoms with Gasteiger partial charge in [-0.05, 0) is 42.8 Å². The second-order valence-electron chi connectivity index (χ2n) is 5.01. The molecule has 0 fully saturated rings. The van der Waals surface area contributed by atoms with Crippen molar-refractivity contribution in [2.24, 2.45) is 0 Å². The highest BCUT2D eigenvalue weighted by molar-refractivity contribution is 5.86. The smallest absolute Gasteiger partial charge is 0.161 e. The summed E-state index contributed by atoms with van der Waals surface area (Å²) in [5.41, 5.74) is 2.11. The van der Waals surface area contributed by atoms with E-state index in [1.54, 1.807) is 12.1 Å². The molecule has 1 aliphatic heterocycles. The van der Waals surface area contributed by atoms with Crippen molar-refractivity contribution in [3.63, 3.8) is 0 Å². The summed E-state index contributed by atoms with van der Waals surface area (Å²) in [4.78, 5) is 12.8. The lowest BCUT2D eigenvalue weighted by atomic mass is 10.1. The van der Waals surface area contributed by atoms with Crippen LogP contribution in [-0.2, 0) is 6.54 Å². The summed E-state index contributed by atoms with van der Waals surface area (Å²) < 4.78 is 11.3. The zero-order chi connectivity index (χ0) is 15.5. The Hall–Kier alpha value is -2.69. The molecule has 0 N–H and O–H groups in total. The topological polar surface area (TPSA) is 61.8 Å². The van der Waals surface area contributed by atoms with E-state index in [1.807, 2.05) is 30.0 Å². The van der Waals surface area contributed by atoms with Gasteiger partial charge < -0.3 is 24.3 Å². The summed E-state index contributed by atoms with van der Waals surface area (Å²) in [7, 11) is 0. The van der Waals surface area contributed by atoms with Crippen molar-refractivity contribution in [3.05, 3.63) is 53.6 Å². The second-order valence-corrected chi connectivity index (χ2v) is 5.01. The Bertz CT molecular complexity index is 682. The first-order valence-corrected chi connectivity index (χ1v) is 7.12. The molecule has 0 radical (unpaired) electrons. The van der Waals surface area contributed by atoms with Gasteiger partial charge in [-0.1, -0.05) is 12.1 Å². The molecule has 0 atom stereocenters. The van der Waals surface area contributed by atoms with Crippen molar-refractivity contribution >= 4 is 11.7 Å². The van der Waals surface area contributed by atoms with Crippen LogP contribution in [0.15, 0.2) is 42.5 Å². The number of fused-ring (bicyclic) bond motifs is 1. The van der Waals surface area contributed by atoms with Crippen LogP contribution < -0.4 is 19.5 Å². The van der Waals surface area contributed by atoms with Crippen LogP contribution in [0.5, 0.6) is 11.5 Å². The lowest BCUT2D eigenvalue weighted by Gasteiger charge is -2.31. The molecule has 3 rings (SSSR count). The van der Waals surface area contributed by atoms with Crippen molar-refractivity contribution < 1.29 is 19.4 Å². The first kappa shape index (κ1) is 14.3. The largest absolute Gasteiger partial charge is 0.545 e. The number of anilines is 1. The van der Waals surface area contributed by atoms with Crippen LogP contribution >= 0.6 is 0 Å². The van der Waals surface area contributed by atoms with Gasteiger partial charge >= 0.3 is 0 Å². The highest BCUT2D eigenvalue weighted by atomic mass is 16.5. The molecule has 5 nitrogen and oxygen atoms in total. The number of hydrogen-bond donors (Lipinski definition) is 0. The minimum Gasteiger partial charge on any atom is -0.545 e. The summed E-state index contributed by atoms with van der Waals surface area (Å²) in [5.74, 6) is 0.498. The Balaban J connectivity index is 1.80. The Labute approximate surface area is 128 Å². The van der Waals surface area contributed by atoms with E-state index in [1.165, 1.54) is 12.1 Å². The summed E-state index contributed by atoms with van der Waals surface area (Å²) in [6.07, 6.45) is 0. The lowest BCUT2D eigenvalue weighted by Crippen LogP contribution is -2.32. The van der Waals surface area contributed by atoms with E-state index in [0.717, 1.165) is 22.7 Å². The maximum absolute atomic E-state index is 10.8. The Morgan fingerprint density at radius 3 is 2.73 bits per heavy atom. The molecule has 0 saturated heterocycles. The monoisotopic (exact) mass is 298 g/mol. The van der Waals surface area contributed by atoms with Crippen molar-refractivity contribution in [3.8, 4) is 11.5 Å². The van der Waals surface area contributed by atoms with Crippen molar-refractivity contribution in [2.45, 2.75) is 13.5 Å². The third-order valence-electron chi connectivity index (χ3n) is 3.55. The van der Waals surface area contributed by atoms with Crippen LogP contribution in [0.2, 0.25) is 0 Å². The molecule has 5 heteroatoms. The molecule has 1 aliphatic rings. The Morgan fingerprint density at radius 2 is 2.05 bits per heavy atom. The van der Waals surface area contributed by atoms with Gasteiger partial charge in [0.2, 0.25) is 0 Å². The molecule has 0 aromatic heterocycles. The number of benzene rings is 2. The van der Waals surface area contributed by atoms with Crippen LogP contribution in [0.4, 0.5) is 5.69 Å². The standard InChI is InChI=1S/C17H17NO4/c1-2-21-15-7-8-16-13(9-15)10-18(11-22-16)14-5-3-12(4-6-14)17(19)20/h3-9H,2,10-11H2,1H3,(H,19,20)/p-1. The third kappa shape index (κ3) is 2.83. The molecular formula is C17H16NO4-. The number of carbonyl (C=O) groups excluding carboxylic acids is 1. The van der Waals surface area contributed by atoms with Crippen molar-refractivity contribution in [1.82, 2.24) is 0 Å². The van der Waals surface area contributed by atoms with E-state index in [9.17, 15) is 9.90 Å². The number of nitrogens with zero attached hydrogens (tertiary/aromatic N) is 1. The van der Waals surface area contributed by atoms with Crippen molar-refractivity contribution in [1.29, 1.82) is 0 Å². The molecule has 0 bridgehead atoms. The van der Waals surface area contributed by atoms with Gasteiger partial charge in [0.05, 0.1) is 12.6 Å². The second kappa shape index (κ2) is 5.97. The molecular weight excluding hydrogens is 282 g/mol. The van der Waals surface area contributed by atoms with E-state index in [2.05, 4.69) is 0 Å². The predicted molar refractivity (Wildman–Crippen MR) is 80.1 cm³/mol. The van der Waals surface area contributed by atoms with Crippen LogP contribution in [0.1, 0.15) is 22.8 Å². The fourth-order valence-electron chi connectivity index (χ4n) is 2.45. The molecule has 0 aliphatic carbocycles. The summed E-state index contributed by atoms with van der Waals surface area (Å²) in [6, 6.07) is 12.4. The normalized spacial score (nSPS) is 13.2. The Morgan fingerprint density at radius 1 is 1.27 bits per heavy atom. The molecule has 0 saturated carbocycles. The van der Waals surface area contributed by atoms with Crippen molar-refractivity contribution in [2.75, 3.05) is 18.2 Å². The molecule has 0 amide bonds. The Kier molecular flexibility index (Phi) is 3.87. The van der Waals surface area contributed by atoms with E-state index in [0.29, 0.717) is 19.9 Å². The van der Waals surface area contributed by atoms with E-state index < -0.39 is 5.97 Å². The number of carboxylic acids is 1. The zero-order valence-electron chi connectivity index (χ0n) is 12.2. The zero-order valence-corrected chi connectivity index (χ0v) is 12.2. The van der Waals surface area contributed by atoms with Gasteiger partial charge in [-0.25, -0.2) is 0 Å². The average molecular weight is 298 g/mol. The number of rotatable bonds is 4. The summed E-state index contributed by atoms with van der Waals surface area (Å²) >= 11 is 0. The van der Waals surface area contributed by atoms with Crippen LogP contribution in [-0.4, -0.2) is 19.3 Å². The molecule has 114 valence electrons. The SMILES string of the molecule is CCOc1ccc2c(c1)CN(c1ccc(C(=O)[O-])cc1)CO2. The fourth-order valence-corrected chi connectivity index (χ4v) is 2.45. The van der Waals surface area contributed by atoms with Gasteiger partial charge in [-0.3, -0.25) is 0 Å². The number of carbonyl (C=O) groups is 1. The van der Waals surface area contributed by atoms with Gasteiger partial charge in [0.25, 0.3) is 0 Å². The molecule has 0 spiro atoms. The highest BCUT2D eigenvalue weighted by Crippen LogP contribution is 2.31. The first-order valence-electron chi connectivity index (χ1n) is 7.12. The van der Waals surface area contributed by atoms with Gasteiger partial charge in [-0.2, -0.15) is 0 Å². The fraction of sp³-hybridized carbons (Fsp3) is 0.235. The maximum Gasteiger partial charge on any atom is 0.161 e. The molecule has 2 aromatic rings.